The van der Waals surface area contributed by atoms with Crippen LogP contribution in [0.5, 0.6) is 0 Å². The number of urea groups is 1. The molecule has 1 aliphatic carbocycles. The highest BCUT2D eigenvalue weighted by Crippen LogP contribution is 2.19. The Morgan fingerprint density at radius 3 is 2.90 bits per heavy atom. The Hall–Kier alpha value is -1.04. The smallest absolute Gasteiger partial charge is 0.317 e. The molecule has 2 amide bonds. The Kier molecular flexibility index (Phi) is 5.67. The summed E-state index contributed by atoms with van der Waals surface area (Å²) in [5.74, 6) is 0. The molecule has 0 unspecified atom stereocenters. The maximum absolute atomic E-state index is 12.0. The molecule has 0 aromatic carbocycles. The third-order valence-electron chi connectivity index (χ3n) is 4.40. The molecule has 1 aliphatic heterocycles. The van der Waals surface area contributed by atoms with E-state index in [4.69, 9.17) is 0 Å². The van der Waals surface area contributed by atoms with E-state index in [1.165, 1.54) is 31.1 Å². The van der Waals surface area contributed by atoms with E-state index in [0.29, 0.717) is 26.1 Å². The number of amides is 2. The maximum Gasteiger partial charge on any atom is 0.317 e. The fraction of sp³-hybridized carbons (Fsp3) is 0.800. The second-order valence-corrected chi connectivity index (χ2v) is 8.46. The van der Waals surface area contributed by atoms with Crippen molar-refractivity contribution in [2.45, 2.75) is 50.2 Å². The molecular weight excluding hydrogens is 288 g/mol. The predicted octanol–water partition coefficient (Wildman–Crippen LogP) is 2.10. The van der Waals surface area contributed by atoms with Gasteiger partial charge in [-0.25, -0.2) is 13.2 Å². The minimum absolute atomic E-state index is 0.129. The van der Waals surface area contributed by atoms with Crippen molar-refractivity contribution in [2.24, 2.45) is 0 Å². The number of carbonyl (C=O) groups is 1. The van der Waals surface area contributed by atoms with Crippen LogP contribution in [0.2, 0.25) is 0 Å². The van der Waals surface area contributed by atoms with E-state index in [1.54, 1.807) is 4.90 Å². The van der Waals surface area contributed by atoms with Gasteiger partial charge in [0.2, 0.25) is 0 Å². The fourth-order valence-electron chi connectivity index (χ4n) is 3.01. The molecule has 1 fully saturated rings. The van der Waals surface area contributed by atoms with Crippen molar-refractivity contribution in [3.63, 3.8) is 0 Å². The first-order valence-corrected chi connectivity index (χ1v) is 9.82. The third kappa shape index (κ3) is 5.02. The van der Waals surface area contributed by atoms with Gasteiger partial charge in [-0.1, -0.05) is 18.1 Å². The summed E-state index contributed by atoms with van der Waals surface area (Å²) in [5.41, 5.74) is 1.45. The van der Waals surface area contributed by atoms with Crippen molar-refractivity contribution in [2.75, 3.05) is 25.9 Å². The third-order valence-corrected chi connectivity index (χ3v) is 5.99. The van der Waals surface area contributed by atoms with E-state index in [1.807, 2.05) is 0 Å². The van der Waals surface area contributed by atoms with Crippen molar-refractivity contribution in [1.29, 1.82) is 0 Å². The van der Waals surface area contributed by atoms with Crippen LogP contribution >= 0.6 is 0 Å². The van der Waals surface area contributed by atoms with E-state index in [-0.39, 0.29) is 6.03 Å². The van der Waals surface area contributed by atoms with Crippen LogP contribution in [0.4, 0.5) is 4.79 Å². The molecule has 1 N–H and O–H groups in total. The number of hydrogen-bond donors (Lipinski definition) is 1. The zero-order chi connectivity index (χ0) is 15.3. The number of carbonyl (C=O) groups excluding carboxylic acids is 1. The van der Waals surface area contributed by atoms with Crippen molar-refractivity contribution in [1.82, 2.24) is 10.2 Å². The molecule has 21 heavy (non-hydrogen) atoms. The molecule has 6 heteroatoms. The lowest BCUT2D eigenvalue weighted by molar-refractivity contribution is 0.209. The van der Waals surface area contributed by atoms with Crippen LogP contribution in [0.15, 0.2) is 11.6 Å². The highest BCUT2D eigenvalue weighted by atomic mass is 32.2. The normalized spacial score (nSPS) is 23.6. The lowest BCUT2D eigenvalue weighted by Gasteiger charge is -2.17. The van der Waals surface area contributed by atoms with Crippen molar-refractivity contribution in [3.05, 3.63) is 11.6 Å². The minimum atomic E-state index is -3.04. The number of nitrogens with one attached hydrogen (secondary N) is 1. The standard InChI is InChI=1S/C15H26N2O3S/c1-21(19,20)14-9-11-17(12-14)15(18)16-10-8-13-6-4-2-3-5-7-13/h6,14H,2-5,7-12H2,1H3,(H,16,18)/t14-/m0/s1. The molecule has 0 aromatic rings. The quantitative estimate of drug-likeness (QED) is 0.808. The highest BCUT2D eigenvalue weighted by Gasteiger charge is 2.32. The summed E-state index contributed by atoms with van der Waals surface area (Å²) >= 11 is 0. The molecule has 2 aliphatic rings. The van der Waals surface area contributed by atoms with Gasteiger partial charge in [0.15, 0.2) is 9.84 Å². The summed E-state index contributed by atoms with van der Waals surface area (Å²) in [7, 11) is -3.04. The Labute approximate surface area is 127 Å². The van der Waals surface area contributed by atoms with E-state index in [9.17, 15) is 13.2 Å². The van der Waals surface area contributed by atoms with Gasteiger partial charge < -0.3 is 10.2 Å². The molecule has 2 rings (SSSR count). The summed E-state index contributed by atoms with van der Waals surface area (Å²) in [5, 5.41) is 2.52. The van der Waals surface area contributed by atoms with Gasteiger partial charge in [0.25, 0.3) is 0 Å². The number of rotatable bonds is 4. The van der Waals surface area contributed by atoms with Crippen LogP contribution in [0.25, 0.3) is 0 Å². The zero-order valence-electron chi connectivity index (χ0n) is 12.8. The van der Waals surface area contributed by atoms with Crippen LogP contribution in [0.3, 0.4) is 0 Å². The molecule has 0 saturated carbocycles. The summed E-state index contributed by atoms with van der Waals surface area (Å²) in [4.78, 5) is 13.6. The number of hydrogen-bond acceptors (Lipinski definition) is 3. The van der Waals surface area contributed by atoms with Crippen LogP contribution in [-0.4, -0.2) is 50.5 Å². The molecule has 0 bridgehead atoms. The molecular formula is C15H26N2O3S. The predicted molar refractivity (Wildman–Crippen MR) is 84.0 cm³/mol. The fourth-order valence-corrected chi connectivity index (χ4v) is 4.00. The number of nitrogens with zero attached hydrogens (tertiary/aromatic N) is 1. The van der Waals surface area contributed by atoms with Gasteiger partial charge in [-0.3, -0.25) is 0 Å². The van der Waals surface area contributed by atoms with Gasteiger partial charge in [0, 0.05) is 25.9 Å². The summed E-state index contributed by atoms with van der Waals surface area (Å²) in [6, 6.07) is -0.129. The van der Waals surface area contributed by atoms with E-state index in [0.717, 1.165) is 19.3 Å². The number of sulfone groups is 1. The van der Waals surface area contributed by atoms with Crippen molar-refractivity contribution in [3.8, 4) is 0 Å². The minimum Gasteiger partial charge on any atom is -0.338 e. The first-order chi connectivity index (χ1) is 9.97. The zero-order valence-corrected chi connectivity index (χ0v) is 13.6. The summed E-state index contributed by atoms with van der Waals surface area (Å²) in [6.07, 6.45) is 11.2. The van der Waals surface area contributed by atoms with E-state index in [2.05, 4.69) is 11.4 Å². The summed E-state index contributed by atoms with van der Waals surface area (Å²) in [6.45, 7) is 1.50. The van der Waals surface area contributed by atoms with Crippen LogP contribution in [0, 0.1) is 0 Å². The van der Waals surface area contributed by atoms with Gasteiger partial charge in [0.05, 0.1) is 5.25 Å². The van der Waals surface area contributed by atoms with Gasteiger partial charge >= 0.3 is 6.03 Å². The largest absolute Gasteiger partial charge is 0.338 e. The van der Waals surface area contributed by atoms with E-state index >= 15 is 0 Å². The van der Waals surface area contributed by atoms with E-state index < -0.39 is 15.1 Å². The monoisotopic (exact) mass is 314 g/mol. The molecule has 1 atom stereocenters. The molecule has 0 aromatic heterocycles. The lowest BCUT2D eigenvalue weighted by atomic mass is 10.1. The topological polar surface area (TPSA) is 66.5 Å². The van der Waals surface area contributed by atoms with Crippen LogP contribution in [-0.2, 0) is 9.84 Å². The van der Waals surface area contributed by atoms with Gasteiger partial charge in [0.1, 0.15) is 0 Å². The molecule has 1 saturated heterocycles. The van der Waals surface area contributed by atoms with Gasteiger partial charge in [-0.05, 0) is 38.5 Å². The first kappa shape index (κ1) is 16.3. The van der Waals surface area contributed by atoms with Gasteiger partial charge in [-0.15, -0.1) is 0 Å². The van der Waals surface area contributed by atoms with Crippen LogP contribution < -0.4 is 5.32 Å². The van der Waals surface area contributed by atoms with Crippen molar-refractivity contribution < 1.29 is 13.2 Å². The second kappa shape index (κ2) is 7.29. The molecule has 1 heterocycles. The lowest BCUT2D eigenvalue weighted by Crippen LogP contribution is -2.40. The SMILES string of the molecule is CS(=O)(=O)[C@H]1CCN(C(=O)NCCC2=CCCCCC2)C1. The summed E-state index contributed by atoms with van der Waals surface area (Å²) < 4.78 is 23.0. The van der Waals surface area contributed by atoms with Crippen molar-refractivity contribution >= 4 is 15.9 Å². The molecule has 0 radical (unpaired) electrons. The number of likely N-dealkylation sites (tertiary alicyclic amines) is 1. The Morgan fingerprint density at radius 2 is 2.19 bits per heavy atom. The first-order valence-electron chi connectivity index (χ1n) is 7.86. The Balaban J connectivity index is 1.72. The molecule has 5 nitrogen and oxygen atoms in total. The van der Waals surface area contributed by atoms with Crippen LogP contribution in [0.1, 0.15) is 44.9 Å². The maximum atomic E-state index is 12.0. The average molecular weight is 314 g/mol. The van der Waals surface area contributed by atoms with Gasteiger partial charge in [-0.2, -0.15) is 0 Å². The Morgan fingerprint density at radius 1 is 1.38 bits per heavy atom. The number of allylic oxidation sites excluding steroid dienone is 1. The second-order valence-electron chi connectivity index (χ2n) is 6.13. The molecule has 120 valence electrons. The molecule has 0 spiro atoms. The average Bonchev–Trinajstić information content (AvgIpc) is 2.79. The highest BCUT2D eigenvalue weighted by molar-refractivity contribution is 7.91. The Bertz CT molecular complexity index is 499.